The largest absolute Gasteiger partial charge is 0.465 e. The minimum atomic E-state index is -1.22. The maximum absolute atomic E-state index is 15.5. The highest BCUT2D eigenvalue weighted by atomic mass is 28.3. The number of hydrogen-bond donors (Lipinski definition) is 2. The molecule has 1 aliphatic heterocycles. The van der Waals surface area contributed by atoms with Crippen molar-refractivity contribution in [3.05, 3.63) is 53.6 Å². The average molecular weight is 672 g/mol. The van der Waals surface area contributed by atoms with Crippen molar-refractivity contribution in [2.24, 2.45) is 0 Å². The molecule has 0 spiro atoms. The Morgan fingerprint density at radius 1 is 1.06 bits per heavy atom. The SMILES string of the molecule is Cc1cn(COCC[Si](C)(C)C)c2nccc(Oc3ccc(C[C@H](NC(=O)OC(C)(C)C)C(=O)N4CCN(C(=O)O)CC4)cc3F)c12. The Morgan fingerprint density at radius 2 is 1.74 bits per heavy atom. The van der Waals surface area contributed by atoms with E-state index in [9.17, 15) is 19.5 Å². The van der Waals surface area contributed by atoms with Crippen LogP contribution in [0.25, 0.3) is 11.0 Å². The Hall–Kier alpha value is -4.17. The number of alkyl carbamates (subject to hydrolysis) is 1. The highest BCUT2D eigenvalue weighted by molar-refractivity contribution is 6.76. The molecule has 0 aliphatic carbocycles. The molecule has 0 radical (unpaired) electrons. The number of fused-ring (bicyclic) bond motifs is 1. The minimum absolute atomic E-state index is 0.00689. The number of benzene rings is 1. The first-order valence-corrected chi connectivity index (χ1v) is 19.5. The Kier molecular flexibility index (Phi) is 11.2. The maximum atomic E-state index is 15.5. The molecular formula is C33H46FN5O7Si. The Labute approximate surface area is 275 Å². The predicted molar refractivity (Wildman–Crippen MR) is 178 cm³/mol. The summed E-state index contributed by atoms with van der Waals surface area (Å²) in [4.78, 5) is 44.7. The van der Waals surface area contributed by atoms with Crippen LogP contribution in [0.4, 0.5) is 14.0 Å². The molecule has 12 nitrogen and oxygen atoms in total. The summed E-state index contributed by atoms with van der Waals surface area (Å²) in [5, 5.41) is 12.6. The summed E-state index contributed by atoms with van der Waals surface area (Å²) in [5.41, 5.74) is 1.23. The maximum Gasteiger partial charge on any atom is 0.408 e. The Balaban J connectivity index is 1.50. The first-order chi connectivity index (χ1) is 22.0. The average Bonchev–Trinajstić information content (AvgIpc) is 3.30. The number of carboxylic acid groups (broad SMARTS) is 1. The van der Waals surface area contributed by atoms with Crippen molar-refractivity contribution in [3.63, 3.8) is 0 Å². The number of amides is 3. The normalized spacial score (nSPS) is 14.6. The van der Waals surface area contributed by atoms with E-state index in [4.69, 9.17) is 14.2 Å². The van der Waals surface area contributed by atoms with Gasteiger partial charge in [0, 0.05) is 59.7 Å². The molecule has 4 rings (SSSR count). The third kappa shape index (κ3) is 9.91. The van der Waals surface area contributed by atoms with Crippen LogP contribution in [0.3, 0.4) is 0 Å². The van der Waals surface area contributed by atoms with Crippen LogP contribution in [0.1, 0.15) is 31.9 Å². The third-order valence-corrected chi connectivity index (χ3v) is 9.35. The van der Waals surface area contributed by atoms with E-state index in [1.165, 1.54) is 21.9 Å². The second-order valence-electron chi connectivity index (χ2n) is 14.0. The van der Waals surface area contributed by atoms with Gasteiger partial charge in [0.1, 0.15) is 29.8 Å². The van der Waals surface area contributed by atoms with E-state index >= 15 is 4.39 Å². The molecular weight excluding hydrogens is 625 g/mol. The first kappa shape index (κ1) is 35.7. The Morgan fingerprint density at radius 3 is 2.36 bits per heavy atom. The zero-order valence-electron chi connectivity index (χ0n) is 28.3. The molecule has 0 saturated carbocycles. The monoisotopic (exact) mass is 671 g/mol. The number of aromatic nitrogens is 2. The number of ether oxygens (including phenoxy) is 3. The van der Waals surface area contributed by atoms with E-state index in [0.717, 1.165) is 17.0 Å². The number of pyridine rings is 1. The van der Waals surface area contributed by atoms with E-state index in [0.29, 0.717) is 30.3 Å². The summed E-state index contributed by atoms with van der Waals surface area (Å²) in [7, 11) is -1.22. The van der Waals surface area contributed by atoms with E-state index in [2.05, 4.69) is 29.9 Å². The van der Waals surface area contributed by atoms with Crippen molar-refractivity contribution in [2.75, 3.05) is 32.8 Å². The summed E-state index contributed by atoms with van der Waals surface area (Å²) < 4.78 is 34.8. The number of rotatable bonds is 11. The second-order valence-corrected chi connectivity index (χ2v) is 19.6. The van der Waals surface area contributed by atoms with Crippen molar-refractivity contribution in [3.8, 4) is 11.5 Å². The molecule has 47 heavy (non-hydrogen) atoms. The molecule has 0 bridgehead atoms. The Bertz CT molecular complexity index is 1590. The van der Waals surface area contributed by atoms with Crippen LogP contribution >= 0.6 is 0 Å². The van der Waals surface area contributed by atoms with Gasteiger partial charge in [-0.05, 0) is 63.1 Å². The van der Waals surface area contributed by atoms with E-state index in [1.54, 1.807) is 39.1 Å². The van der Waals surface area contributed by atoms with Crippen molar-refractivity contribution >= 4 is 37.2 Å². The molecule has 14 heteroatoms. The van der Waals surface area contributed by atoms with Crippen LogP contribution in [0.15, 0.2) is 36.7 Å². The van der Waals surface area contributed by atoms with Gasteiger partial charge in [0.2, 0.25) is 5.91 Å². The van der Waals surface area contributed by atoms with Crippen molar-refractivity contribution in [1.82, 2.24) is 24.7 Å². The van der Waals surface area contributed by atoms with Crippen LogP contribution in [0.5, 0.6) is 11.5 Å². The minimum Gasteiger partial charge on any atom is -0.465 e. The fourth-order valence-corrected chi connectivity index (χ4v) is 5.96. The summed E-state index contributed by atoms with van der Waals surface area (Å²) in [6, 6.07) is 6.07. The molecule has 0 unspecified atom stereocenters. The number of aryl methyl sites for hydroxylation is 1. The lowest BCUT2D eigenvalue weighted by molar-refractivity contribution is -0.135. The molecule has 3 heterocycles. The van der Waals surface area contributed by atoms with Gasteiger partial charge < -0.3 is 39.0 Å². The van der Waals surface area contributed by atoms with Gasteiger partial charge in [-0.15, -0.1) is 0 Å². The third-order valence-electron chi connectivity index (χ3n) is 7.64. The van der Waals surface area contributed by atoms with E-state index in [-0.39, 0.29) is 38.3 Å². The number of nitrogens with one attached hydrogen (secondary N) is 1. The van der Waals surface area contributed by atoms with Crippen LogP contribution < -0.4 is 10.1 Å². The van der Waals surface area contributed by atoms with Crippen LogP contribution in [0, 0.1) is 12.7 Å². The van der Waals surface area contributed by atoms with Crippen molar-refractivity contribution in [2.45, 2.75) is 78.2 Å². The molecule has 1 aromatic carbocycles. The summed E-state index contributed by atoms with van der Waals surface area (Å²) in [5.74, 6) is -0.615. The molecule has 256 valence electrons. The molecule has 2 N–H and O–H groups in total. The van der Waals surface area contributed by atoms with Crippen LogP contribution in [-0.4, -0.2) is 95.1 Å². The molecule has 1 saturated heterocycles. The van der Waals surface area contributed by atoms with Gasteiger partial charge in [-0.3, -0.25) is 4.79 Å². The first-order valence-electron chi connectivity index (χ1n) is 15.8. The van der Waals surface area contributed by atoms with Gasteiger partial charge in [0.25, 0.3) is 0 Å². The van der Waals surface area contributed by atoms with Gasteiger partial charge in [-0.25, -0.2) is 19.0 Å². The van der Waals surface area contributed by atoms with Gasteiger partial charge in [0.15, 0.2) is 11.6 Å². The predicted octanol–water partition coefficient (Wildman–Crippen LogP) is 5.85. The lowest BCUT2D eigenvalue weighted by Crippen LogP contribution is -2.56. The van der Waals surface area contributed by atoms with Gasteiger partial charge >= 0.3 is 12.2 Å². The molecule has 1 aliphatic rings. The number of hydrogen-bond acceptors (Lipinski definition) is 7. The lowest BCUT2D eigenvalue weighted by atomic mass is 10.0. The molecule has 1 fully saturated rings. The topological polar surface area (TPSA) is 135 Å². The quantitative estimate of drug-likeness (QED) is 0.192. The summed E-state index contributed by atoms with van der Waals surface area (Å²) in [6.07, 6.45) is 1.69. The molecule has 3 aromatic rings. The zero-order chi connectivity index (χ0) is 34.5. The summed E-state index contributed by atoms with van der Waals surface area (Å²) in [6.45, 7) is 15.6. The van der Waals surface area contributed by atoms with Crippen LogP contribution in [-0.2, 0) is 27.4 Å². The van der Waals surface area contributed by atoms with Crippen molar-refractivity contribution in [1.29, 1.82) is 0 Å². The van der Waals surface area contributed by atoms with E-state index in [1.807, 2.05) is 17.7 Å². The summed E-state index contributed by atoms with van der Waals surface area (Å²) >= 11 is 0. The number of piperazine rings is 1. The van der Waals surface area contributed by atoms with Crippen molar-refractivity contribution < 1.29 is 38.1 Å². The number of carbonyl (C=O) groups excluding carboxylic acids is 2. The van der Waals surface area contributed by atoms with Gasteiger partial charge in [-0.1, -0.05) is 25.7 Å². The van der Waals surface area contributed by atoms with E-state index < -0.39 is 43.6 Å². The van der Waals surface area contributed by atoms with Gasteiger partial charge in [-0.2, -0.15) is 0 Å². The number of carbonyl (C=O) groups is 3. The smallest absolute Gasteiger partial charge is 0.408 e. The fraction of sp³-hybridized carbons (Fsp3) is 0.515. The molecule has 1 atom stereocenters. The zero-order valence-corrected chi connectivity index (χ0v) is 29.3. The highest BCUT2D eigenvalue weighted by Crippen LogP contribution is 2.34. The standard InChI is InChI=1S/C33H46FN5O7Si/c1-22-20-39(21-44-16-17-47(5,6)7)29-28(22)27(10-11-35-29)45-26-9-8-23(18-24(26)34)19-25(36-31(41)46-33(2,3)4)30(40)37-12-14-38(15-13-37)32(42)43/h8-11,18,20,25H,12-17,19,21H2,1-7H3,(H,36,41)(H,42,43)/t25-/m0/s1. The number of halogens is 1. The lowest BCUT2D eigenvalue weighted by Gasteiger charge is -2.35. The molecule has 2 aromatic heterocycles. The second kappa shape index (κ2) is 14.7. The molecule has 3 amide bonds. The highest BCUT2D eigenvalue weighted by Gasteiger charge is 2.31. The fourth-order valence-electron chi connectivity index (χ4n) is 5.20. The van der Waals surface area contributed by atoms with Gasteiger partial charge in [0.05, 0.1) is 5.39 Å². The number of nitrogens with zero attached hydrogens (tertiary/aromatic N) is 4. The van der Waals surface area contributed by atoms with Crippen LogP contribution in [0.2, 0.25) is 25.7 Å².